The minimum Gasteiger partial charge on any atom is -0.313 e. The summed E-state index contributed by atoms with van der Waals surface area (Å²) in [6, 6.07) is 12.6. The van der Waals surface area contributed by atoms with Crippen molar-refractivity contribution >= 4 is 0 Å². The lowest BCUT2D eigenvalue weighted by Gasteiger charge is -2.47. The molecule has 120 valence electrons. The van der Waals surface area contributed by atoms with Crippen LogP contribution in [0.3, 0.4) is 0 Å². The Kier molecular flexibility index (Phi) is 4.21. The molecule has 2 unspecified atom stereocenters. The van der Waals surface area contributed by atoms with Crippen molar-refractivity contribution < 1.29 is 0 Å². The molecule has 4 rings (SSSR count). The molecule has 22 heavy (non-hydrogen) atoms. The molecule has 1 aliphatic carbocycles. The molecule has 2 heterocycles. The van der Waals surface area contributed by atoms with Gasteiger partial charge in [0, 0.05) is 37.6 Å². The minimum absolute atomic E-state index is 0.736. The van der Waals surface area contributed by atoms with Gasteiger partial charge in [0.15, 0.2) is 0 Å². The highest BCUT2D eigenvalue weighted by Crippen LogP contribution is 2.40. The van der Waals surface area contributed by atoms with E-state index in [1.807, 2.05) is 0 Å². The number of benzene rings is 1. The van der Waals surface area contributed by atoms with Gasteiger partial charge < -0.3 is 10.2 Å². The molecule has 1 aromatic rings. The van der Waals surface area contributed by atoms with Gasteiger partial charge in [0.25, 0.3) is 0 Å². The van der Waals surface area contributed by atoms with Gasteiger partial charge in [0.1, 0.15) is 0 Å². The molecule has 0 spiro atoms. The van der Waals surface area contributed by atoms with E-state index in [1.165, 1.54) is 57.5 Å². The monoisotopic (exact) mass is 299 g/mol. The molecule has 2 saturated heterocycles. The standard InChI is InChI=1S/C19H29N3/c1-21-9-7-17(8-10-21)22-13-15(14-22)12-20-19-11-18(19)16-5-3-2-4-6-16/h2-6,15,17-20H,7-14H2,1H3. The molecule has 3 heteroatoms. The van der Waals surface area contributed by atoms with Gasteiger partial charge in [0.2, 0.25) is 0 Å². The fraction of sp³-hybridized carbons (Fsp3) is 0.684. The number of rotatable bonds is 5. The maximum absolute atomic E-state index is 3.80. The summed E-state index contributed by atoms with van der Waals surface area (Å²) >= 11 is 0. The van der Waals surface area contributed by atoms with Crippen LogP contribution in [-0.4, -0.2) is 61.7 Å². The normalized spacial score (nSPS) is 31.1. The van der Waals surface area contributed by atoms with Crippen molar-refractivity contribution in [3.8, 4) is 0 Å². The number of nitrogens with one attached hydrogen (secondary N) is 1. The first-order chi connectivity index (χ1) is 10.8. The zero-order valence-electron chi connectivity index (χ0n) is 13.7. The van der Waals surface area contributed by atoms with Crippen LogP contribution < -0.4 is 5.32 Å². The fourth-order valence-electron chi connectivity index (χ4n) is 4.20. The van der Waals surface area contributed by atoms with Gasteiger partial charge in [-0.15, -0.1) is 0 Å². The maximum Gasteiger partial charge on any atom is 0.0143 e. The van der Waals surface area contributed by atoms with Gasteiger partial charge in [-0.25, -0.2) is 0 Å². The van der Waals surface area contributed by atoms with Crippen LogP contribution in [0.5, 0.6) is 0 Å². The van der Waals surface area contributed by atoms with Crippen LogP contribution in [0.4, 0.5) is 0 Å². The van der Waals surface area contributed by atoms with Crippen LogP contribution in [-0.2, 0) is 0 Å². The van der Waals surface area contributed by atoms with E-state index >= 15 is 0 Å². The quantitative estimate of drug-likeness (QED) is 0.899. The smallest absolute Gasteiger partial charge is 0.0143 e. The summed E-state index contributed by atoms with van der Waals surface area (Å²) in [5, 5.41) is 3.80. The predicted molar refractivity (Wildman–Crippen MR) is 91.2 cm³/mol. The van der Waals surface area contributed by atoms with E-state index in [9.17, 15) is 0 Å². The topological polar surface area (TPSA) is 18.5 Å². The zero-order chi connectivity index (χ0) is 14.9. The lowest BCUT2D eigenvalue weighted by atomic mass is 9.93. The second-order valence-corrected chi connectivity index (χ2v) is 7.62. The highest BCUT2D eigenvalue weighted by molar-refractivity contribution is 5.27. The zero-order valence-corrected chi connectivity index (χ0v) is 13.7. The fourth-order valence-corrected chi connectivity index (χ4v) is 4.20. The Labute approximate surface area is 134 Å². The van der Waals surface area contributed by atoms with Gasteiger partial charge in [-0.3, -0.25) is 4.90 Å². The number of piperidine rings is 1. The number of hydrogen-bond acceptors (Lipinski definition) is 3. The molecule has 0 radical (unpaired) electrons. The van der Waals surface area contributed by atoms with E-state index in [4.69, 9.17) is 0 Å². The highest BCUT2D eigenvalue weighted by Gasteiger charge is 2.39. The first-order valence-corrected chi connectivity index (χ1v) is 9.00. The van der Waals surface area contributed by atoms with Crippen molar-refractivity contribution in [1.82, 2.24) is 15.1 Å². The molecule has 1 saturated carbocycles. The Morgan fingerprint density at radius 1 is 1.09 bits per heavy atom. The van der Waals surface area contributed by atoms with Crippen molar-refractivity contribution in [3.63, 3.8) is 0 Å². The summed E-state index contributed by atoms with van der Waals surface area (Å²) in [6.07, 6.45) is 4.07. The van der Waals surface area contributed by atoms with E-state index < -0.39 is 0 Å². The van der Waals surface area contributed by atoms with Crippen molar-refractivity contribution in [2.45, 2.75) is 37.3 Å². The first kappa shape index (κ1) is 14.7. The lowest BCUT2D eigenvalue weighted by Crippen LogP contribution is -2.57. The molecule has 0 bridgehead atoms. The summed E-state index contributed by atoms with van der Waals surface area (Å²) < 4.78 is 0. The second-order valence-electron chi connectivity index (χ2n) is 7.62. The van der Waals surface area contributed by atoms with Gasteiger partial charge in [0.05, 0.1) is 0 Å². The van der Waals surface area contributed by atoms with Crippen LogP contribution in [0, 0.1) is 5.92 Å². The molecule has 2 atom stereocenters. The van der Waals surface area contributed by atoms with E-state index in [0.29, 0.717) is 0 Å². The Hall–Kier alpha value is -0.900. The molecule has 1 aromatic carbocycles. The number of hydrogen-bond donors (Lipinski definition) is 1. The molecule has 3 nitrogen and oxygen atoms in total. The average Bonchev–Trinajstić information content (AvgIpc) is 3.28. The van der Waals surface area contributed by atoms with Crippen LogP contribution in [0.25, 0.3) is 0 Å². The van der Waals surface area contributed by atoms with Crippen LogP contribution in [0.15, 0.2) is 30.3 Å². The Morgan fingerprint density at radius 2 is 1.82 bits per heavy atom. The van der Waals surface area contributed by atoms with Crippen LogP contribution in [0.1, 0.15) is 30.7 Å². The van der Waals surface area contributed by atoms with Gasteiger partial charge in [-0.1, -0.05) is 30.3 Å². The van der Waals surface area contributed by atoms with E-state index in [-0.39, 0.29) is 0 Å². The summed E-state index contributed by atoms with van der Waals surface area (Å²) in [5.74, 6) is 1.66. The first-order valence-electron chi connectivity index (χ1n) is 9.00. The number of likely N-dealkylation sites (tertiary alicyclic amines) is 2. The Balaban J connectivity index is 1.14. The Bertz CT molecular complexity index is 475. The van der Waals surface area contributed by atoms with E-state index in [2.05, 4.69) is 52.5 Å². The molecule has 2 aliphatic heterocycles. The largest absolute Gasteiger partial charge is 0.313 e. The van der Waals surface area contributed by atoms with Crippen molar-refractivity contribution in [3.05, 3.63) is 35.9 Å². The molecule has 3 aliphatic rings. The molecule has 3 fully saturated rings. The summed E-state index contributed by atoms with van der Waals surface area (Å²) in [7, 11) is 2.25. The molecular formula is C19H29N3. The summed E-state index contributed by atoms with van der Waals surface area (Å²) in [6.45, 7) is 6.43. The third-order valence-electron chi connectivity index (χ3n) is 5.88. The van der Waals surface area contributed by atoms with Gasteiger partial charge in [-0.2, -0.15) is 0 Å². The SMILES string of the molecule is CN1CCC(N2CC(CNC3CC3c3ccccc3)C2)CC1. The van der Waals surface area contributed by atoms with Crippen molar-refractivity contribution in [2.24, 2.45) is 5.92 Å². The van der Waals surface area contributed by atoms with Crippen molar-refractivity contribution in [2.75, 3.05) is 39.8 Å². The van der Waals surface area contributed by atoms with Gasteiger partial charge in [-0.05, 0) is 50.9 Å². The molecule has 0 amide bonds. The summed E-state index contributed by atoms with van der Waals surface area (Å²) in [5.41, 5.74) is 1.52. The molecule has 0 aromatic heterocycles. The third-order valence-corrected chi connectivity index (χ3v) is 5.88. The van der Waals surface area contributed by atoms with Gasteiger partial charge >= 0.3 is 0 Å². The van der Waals surface area contributed by atoms with E-state index in [1.54, 1.807) is 0 Å². The van der Waals surface area contributed by atoms with Crippen molar-refractivity contribution in [1.29, 1.82) is 0 Å². The highest BCUT2D eigenvalue weighted by atomic mass is 15.2. The molecule has 1 N–H and O–H groups in total. The molecular weight excluding hydrogens is 270 g/mol. The van der Waals surface area contributed by atoms with Crippen LogP contribution in [0.2, 0.25) is 0 Å². The summed E-state index contributed by atoms with van der Waals surface area (Å²) in [4.78, 5) is 5.19. The predicted octanol–water partition coefficient (Wildman–Crippen LogP) is 2.16. The maximum atomic E-state index is 3.80. The lowest BCUT2D eigenvalue weighted by molar-refractivity contribution is 0.0236. The minimum atomic E-state index is 0.736. The average molecular weight is 299 g/mol. The van der Waals surface area contributed by atoms with E-state index in [0.717, 1.165) is 23.9 Å². The number of nitrogens with zero attached hydrogens (tertiary/aromatic N) is 2. The third kappa shape index (κ3) is 3.22. The second kappa shape index (κ2) is 6.31. The Morgan fingerprint density at radius 3 is 2.55 bits per heavy atom. The van der Waals surface area contributed by atoms with Crippen LogP contribution >= 0.6 is 0 Å².